The summed E-state index contributed by atoms with van der Waals surface area (Å²) >= 11 is 0. The molecule has 3 N–H and O–H groups in total. The summed E-state index contributed by atoms with van der Waals surface area (Å²) in [4.78, 5) is 12.6. The summed E-state index contributed by atoms with van der Waals surface area (Å²) in [5.74, 6) is 0.614. The Morgan fingerprint density at radius 2 is 2.19 bits per heavy atom. The molecule has 132 valence electrons. The number of amides is 1. The number of hydrogen-bond donors (Lipinski definition) is 2. The molecule has 8 heteroatoms. The zero-order valence-corrected chi connectivity index (χ0v) is 14.5. The lowest BCUT2D eigenvalue weighted by molar-refractivity contribution is 0.102. The van der Waals surface area contributed by atoms with E-state index in [1.54, 1.807) is 41.2 Å². The van der Waals surface area contributed by atoms with Gasteiger partial charge in [-0.15, -0.1) is 0 Å². The van der Waals surface area contributed by atoms with Crippen LogP contribution >= 0.6 is 0 Å². The van der Waals surface area contributed by atoms with E-state index >= 15 is 0 Å². The van der Waals surface area contributed by atoms with Crippen molar-refractivity contribution in [1.82, 2.24) is 19.6 Å². The number of benzene rings is 1. The summed E-state index contributed by atoms with van der Waals surface area (Å²) in [6, 6.07) is 10.8. The number of rotatable bonds is 5. The van der Waals surface area contributed by atoms with Gasteiger partial charge < -0.3 is 11.1 Å². The average Bonchev–Trinajstić information content (AvgIpc) is 3.27. The van der Waals surface area contributed by atoms with Crippen molar-refractivity contribution >= 4 is 17.5 Å². The van der Waals surface area contributed by atoms with Crippen molar-refractivity contribution in [2.24, 2.45) is 0 Å². The Morgan fingerprint density at radius 1 is 1.38 bits per heavy atom. The van der Waals surface area contributed by atoms with Gasteiger partial charge >= 0.3 is 0 Å². The predicted octanol–water partition coefficient (Wildman–Crippen LogP) is 2.75. The molecular weight excluding hydrogens is 330 g/mol. The lowest BCUT2D eigenvalue weighted by Crippen LogP contribution is -2.17. The third-order valence-electron chi connectivity index (χ3n) is 4.20. The lowest BCUT2D eigenvalue weighted by Gasteiger charge is -2.14. The van der Waals surface area contributed by atoms with Gasteiger partial charge in [-0.25, -0.2) is 9.36 Å². The van der Waals surface area contributed by atoms with Crippen LogP contribution in [-0.2, 0) is 0 Å². The van der Waals surface area contributed by atoms with Crippen LogP contribution in [0.15, 0.2) is 42.7 Å². The highest BCUT2D eigenvalue weighted by atomic mass is 16.1. The lowest BCUT2D eigenvalue weighted by atomic mass is 10.2. The third kappa shape index (κ3) is 3.15. The summed E-state index contributed by atoms with van der Waals surface area (Å²) in [6.45, 7) is 4.10. The molecule has 0 saturated carbocycles. The summed E-state index contributed by atoms with van der Waals surface area (Å²) < 4.78 is 3.21. The van der Waals surface area contributed by atoms with Crippen LogP contribution in [0.5, 0.6) is 0 Å². The molecule has 0 aliphatic rings. The molecule has 0 fully saturated rings. The van der Waals surface area contributed by atoms with E-state index < -0.39 is 0 Å². The Labute approximate surface area is 150 Å². The van der Waals surface area contributed by atoms with Crippen molar-refractivity contribution in [2.45, 2.75) is 26.3 Å². The zero-order chi connectivity index (χ0) is 18.7. The monoisotopic (exact) mass is 349 g/mol. The van der Waals surface area contributed by atoms with Crippen LogP contribution in [0.1, 0.15) is 42.2 Å². The van der Waals surface area contributed by atoms with Gasteiger partial charge in [-0.05, 0) is 31.5 Å². The minimum absolute atomic E-state index is 0.180. The summed E-state index contributed by atoms with van der Waals surface area (Å²) in [6.07, 6.45) is 3.96. The van der Waals surface area contributed by atoms with E-state index in [2.05, 4.69) is 22.4 Å². The molecule has 0 bridgehead atoms. The van der Waals surface area contributed by atoms with Crippen LogP contribution in [0, 0.1) is 11.3 Å². The second-order valence-electron chi connectivity index (χ2n) is 5.89. The highest BCUT2D eigenvalue weighted by Gasteiger charge is 2.14. The van der Waals surface area contributed by atoms with Crippen molar-refractivity contribution < 1.29 is 4.79 Å². The number of aromatic nitrogens is 4. The molecule has 1 amide bonds. The minimum Gasteiger partial charge on any atom is -0.382 e. The Kier molecular flexibility index (Phi) is 4.71. The third-order valence-corrected chi connectivity index (χ3v) is 4.20. The summed E-state index contributed by atoms with van der Waals surface area (Å²) in [5, 5.41) is 20.2. The second kappa shape index (κ2) is 7.11. The molecule has 3 rings (SSSR count). The summed E-state index contributed by atoms with van der Waals surface area (Å²) in [7, 11) is 0. The van der Waals surface area contributed by atoms with Crippen LogP contribution in [0.25, 0.3) is 5.69 Å². The molecule has 26 heavy (non-hydrogen) atoms. The number of nitrogens with one attached hydrogen (secondary N) is 1. The predicted molar refractivity (Wildman–Crippen MR) is 97.9 cm³/mol. The van der Waals surface area contributed by atoms with Crippen molar-refractivity contribution in [3.8, 4) is 11.8 Å². The number of nitrogen functional groups attached to an aromatic ring is 1. The van der Waals surface area contributed by atoms with E-state index in [4.69, 9.17) is 11.0 Å². The van der Waals surface area contributed by atoms with Crippen LogP contribution in [0.3, 0.4) is 0 Å². The van der Waals surface area contributed by atoms with Crippen molar-refractivity contribution in [3.63, 3.8) is 0 Å². The first-order valence-electron chi connectivity index (χ1n) is 8.24. The highest BCUT2D eigenvalue weighted by molar-refractivity contribution is 6.04. The minimum atomic E-state index is -0.261. The van der Waals surface area contributed by atoms with Gasteiger partial charge in [0.2, 0.25) is 0 Å². The largest absolute Gasteiger partial charge is 0.382 e. The first kappa shape index (κ1) is 17.2. The molecule has 0 unspecified atom stereocenters. The number of carbonyl (C=O) groups excluding carboxylic acids is 1. The first-order valence-corrected chi connectivity index (χ1v) is 8.24. The highest BCUT2D eigenvalue weighted by Crippen LogP contribution is 2.20. The molecule has 2 aromatic heterocycles. The van der Waals surface area contributed by atoms with E-state index in [0.717, 1.165) is 6.42 Å². The number of carbonyl (C=O) groups is 1. The Bertz CT molecular complexity index is 980. The molecule has 0 aliphatic carbocycles. The number of hydrogen-bond acceptors (Lipinski definition) is 5. The number of nitriles is 1. The zero-order valence-electron chi connectivity index (χ0n) is 14.5. The van der Waals surface area contributed by atoms with E-state index in [1.165, 1.54) is 10.9 Å². The van der Waals surface area contributed by atoms with Crippen molar-refractivity contribution in [3.05, 3.63) is 53.9 Å². The van der Waals surface area contributed by atoms with Gasteiger partial charge in [0.15, 0.2) is 0 Å². The maximum Gasteiger partial charge on any atom is 0.256 e. The topological polar surface area (TPSA) is 115 Å². The van der Waals surface area contributed by atoms with Gasteiger partial charge in [-0.2, -0.15) is 15.5 Å². The molecule has 0 spiro atoms. The van der Waals surface area contributed by atoms with Crippen molar-refractivity contribution in [2.75, 3.05) is 11.1 Å². The molecule has 0 aliphatic heterocycles. The van der Waals surface area contributed by atoms with E-state index in [-0.39, 0.29) is 23.3 Å². The Morgan fingerprint density at radius 3 is 2.88 bits per heavy atom. The first-order chi connectivity index (χ1) is 12.5. The second-order valence-corrected chi connectivity index (χ2v) is 5.89. The molecule has 3 aromatic rings. The van der Waals surface area contributed by atoms with Crippen molar-refractivity contribution in [1.29, 1.82) is 5.26 Å². The number of nitrogens with two attached hydrogens (primary N) is 1. The maximum absolute atomic E-state index is 12.6. The van der Waals surface area contributed by atoms with Gasteiger partial charge in [-0.3, -0.25) is 4.79 Å². The molecular formula is C18H19N7O. The van der Waals surface area contributed by atoms with E-state index in [9.17, 15) is 4.79 Å². The summed E-state index contributed by atoms with van der Waals surface area (Å²) in [5.41, 5.74) is 7.26. The molecule has 2 heterocycles. The Balaban J connectivity index is 1.87. The molecule has 1 aromatic carbocycles. The molecule has 8 nitrogen and oxygen atoms in total. The SMILES string of the molecule is CC[C@@H](C)n1nccc1NC(=O)c1cccc(-n2ncc(C#N)c2N)c1. The van der Waals surface area contributed by atoms with Gasteiger partial charge in [0.05, 0.1) is 24.1 Å². The van der Waals surface area contributed by atoms with Crippen LogP contribution < -0.4 is 11.1 Å². The smallest absolute Gasteiger partial charge is 0.256 e. The maximum atomic E-state index is 12.6. The van der Waals surface area contributed by atoms with Crippen LogP contribution in [0.2, 0.25) is 0 Å². The van der Waals surface area contributed by atoms with Gasteiger partial charge in [-0.1, -0.05) is 13.0 Å². The fraction of sp³-hybridized carbons (Fsp3) is 0.222. The van der Waals surface area contributed by atoms with E-state index in [1.807, 2.05) is 13.0 Å². The molecule has 0 radical (unpaired) electrons. The Hall–Kier alpha value is -3.60. The van der Waals surface area contributed by atoms with Gasteiger partial charge in [0.1, 0.15) is 23.3 Å². The van der Waals surface area contributed by atoms with Crippen LogP contribution in [0.4, 0.5) is 11.6 Å². The molecule has 0 saturated heterocycles. The average molecular weight is 349 g/mol. The van der Waals surface area contributed by atoms with Gasteiger partial charge in [0.25, 0.3) is 5.91 Å². The number of anilines is 2. The van der Waals surface area contributed by atoms with Crippen LogP contribution in [-0.4, -0.2) is 25.5 Å². The fourth-order valence-electron chi connectivity index (χ4n) is 2.55. The standard InChI is InChI=1S/C18H19N7O/c1-3-12(2)24-16(7-8-21-24)23-18(26)13-5-4-6-15(9-13)25-17(20)14(10-19)11-22-25/h4-9,11-12H,3,20H2,1-2H3,(H,23,26)/t12-/m1/s1. The fourth-order valence-corrected chi connectivity index (χ4v) is 2.55. The normalized spacial score (nSPS) is 11.7. The number of nitrogens with zero attached hydrogens (tertiary/aromatic N) is 5. The quantitative estimate of drug-likeness (QED) is 0.735. The van der Waals surface area contributed by atoms with Gasteiger partial charge in [0, 0.05) is 11.6 Å². The molecule has 1 atom stereocenters. The van der Waals surface area contributed by atoms with E-state index in [0.29, 0.717) is 17.1 Å².